The minimum atomic E-state index is -0.296. The topological polar surface area (TPSA) is 98.8 Å². The van der Waals surface area contributed by atoms with Crippen LogP contribution in [0.5, 0.6) is 0 Å². The first-order valence-corrected chi connectivity index (χ1v) is 7.44. The molecule has 7 nitrogen and oxygen atoms in total. The van der Waals surface area contributed by atoms with E-state index in [1.54, 1.807) is 13.2 Å². The Hall–Kier alpha value is -1.89. The average molecular weight is 290 g/mol. The molecule has 0 aliphatic heterocycles. The van der Waals surface area contributed by atoms with E-state index in [-0.39, 0.29) is 12.1 Å². The van der Waals surface area contributed by atoms with E-state index < -0.39 is 0 Å². The van der Waals surface area contributed by atoms with Gasteiger partial charge in [-0.05, 0) is 31.6 Å². The Morgan fingerprint density at radius 1 is 1.38 bits per heavy atom. The molecule has 0 atom stereocenters. The lowest BCUT2D eigenvalue weighted by molar-refractivity contribution is 0.155. The van der Waals surface area contributed by atoms with E-state index in [1.807, 2.05) is 0 Å². The predicted octanol–water partition coefficient (Wildman–Crippen LogP) is 1.75. The van der Waals surface area contributed by atoms with E-state index in [0.29, 0.717) is 11.6 Å². The third-order valence-electron chi connectivity index (χ3n) is 4.45. The highest BCUT2D eigenvalue weighted by molar-refractivity contribution is 5.87. The zero-order valence-corrected chi connectivity index (χ0v) is 12.5. The first kappa shape index (κ1) is 14.1. The zero-order chi connectivity index (χ0) is 14.9. The Balaban J connectivity index is 1.94. The maximum atomic E-state index is 9.89. The molecular formula is C14H22N6O. The number of rotatable bonds is 4. The van der Waals surface area contributed by atoms with Crippen molar-refractivity contribution >= 4 is 22.8 Å². The highest BCUT2D eigenvalue weighted by Crippen LogP contribution is 2.35. The quantitative estimate of drug-likeness (QED) is 0.684. The van der Waals surface area contributed by atoms with Gasteiger partial charge in [-0.2, -0.15) is 15.1 Å². The molecule has 3 rings (SSSR count). The number of aliphatic hydroxyl groups is 1. The number of H-pyrrole nitrogens is 1. The molecule has 0 radical (unpaired) electrons. The molecule has 0 amide bonds. The van der Waals surface area contributed by atoms with Crippen LogP contribution in [0.2, 0.25) is 0 Å². The normalized spacial score (nSPS) is 26.0. The Morgan fingerprint density at radius 2 is 2.14 bits per heavy atom. The van der Waals surface area contributed by atoms with Crippen molar-refractivity contribution < 1.29 is 5.11 Å². The van der Waals surface area contributed by atoms with Gasteiger partial charge in [0.25, 0.3) is 0 Å². The molecule has 21 heavy (non-hydrogen) atoms. The van der Waals surface area contributed by atoms with E-state index in [0.717, 1.165) is 42.8 Å². The lowest BCUT2D eigenvalue weighted by atomic mass is 9.77. The number of aromatic nitrogens is 4. The third kappa shape index (κ3) is 2.65. The molecule has 4 N–H and O–H groups in total. The van der Waals surface area contributed by atoms with Gasteiger partial charge in [0.05, 0.1) is 23.7 Å². The van der Waals surface area contributed by atoms with Crippen LogP contribution in [0, 0.1) is 5.92 Å². The summed E-state index contributed by atoms with van der Waals surface area (Å²) in [5.41, 5.74) is 0.393. The van der Waals surface area contributed by atoms with Crippen LogP contribution in [0.3, 0.4) is 0 Å². The fraction of sp³-hybridized carbons (Fsp3) is 0.643. The van der Waals surface area contributed by atoms with Crippen molar-refractivity contribution in [1.82, 2.24) is 20.2 Å². The van der Waals surface area contributed by atoms with Gasteiger partial charge in [0.1, 0.15) is 5.82 Å². The third-order valence-corrected chi connectivity index (χ3v) is 4.45. The van der Waals surface area contributed by atoms with E-state index in [4.69, 9.17) is 0 Å². The summed E-state index contributed by atoms with van der Waals surface area (Å²) in [6, 6.07) is 0. The molecule has 2 aromatic rings. The molecule has 1 aliphatic carbocycles. The van der Waals surface area contributed by atoms with Gasteiger partial charge in [0, 0.05) is 7.05 Å². The minimum absolute atomic E-state index is 0.109. The van der Waals surface area contributed by atoms with Gasteiger partial charge in [-0.25, -0.2) is 0 Å². The minimum Gasteiger partial charge on any atom is -0.394 e. The van der Waals surface area contributed by atoms with E-state index >= 15 is 0 Å². The van der Waals surface area contributed by atoms with Crippen LogP contribution in [0.25, 0.3) is 11.0 Å². The second-order valence-electron chi connectivity index (χ2n) is 6.02. The second-order valence-corrected chi connectivity index (χ2v) is 6.02. The number of hydrogen-bond acceptors (Lipinski definition) is 6. The molecule has 114 valence electrons. The number of aromatic amines is 1. The SMILES string of the molecule is CNc1nc(NC2(CO)CCC(C)CC2)c2cn[nH]c2n1. The number of aliphatic hydroxyl groups excluding tert-OH is 1. The van der Waals surface area contributed by atoms with Gasteiger partial charge in [-0.15, -0.1) is 0 Å². The first-order chi connectivity index (χ1) is 10.2. The number of nitrogens with zero attached hydrogens (tertiary/aromatic N) is 3. The lowest BCUT2D eigenvalue weighted by Crippen LogP contribution is -2.45. The van der Waals surface area contributed by atoms with E-state index in [9.17, 15) is 5.11 Å². The van der Waals surface area contributed by atoms with Crippen molar-refractivity contribution in [2.45, 2.75) is 38.1 Å². The average Bonchev–Trinajstić information content (AvgIpc) is 2.98. The first-order valence-electron chi connectivity index (χ1n) is 7.44. The van der Waals surface area contributed by atoms with Crippen LogP contribution in [-0.2, 0) is 0 Å². The highest BCUT2D eigenvalue weighted by atomic mass is 16.3. The standard InChI is InChI=1S/C14H22N6O/c1-9-3-5-14(8-21,6-4-9)19-11-10-7-16-20-12(10)18-13(15-2)17-11/h7,9,21H,3-6,8H2,1-2H3,(H3,15,16,17,18,19,20). The molecule has 1 fully saturated rings. The van der Waals surface area contributed by atoms with E-state index in [2.05, 4.69) is 37.7 Å². The predicted molar refractivity (Wildman–Crippen MR) is 82.3 cm³/mol. The summed E-state index contributed by atoms with van der Waals surface area (Å²) in [4.78, 5) is 8.82. The van der Waals surface area contributed by atoms with Crippen LogP contribution in [0.1, 0.15) is 32.6 Å². The molecule has 2 aromatic heterocycles. The van der Waals surface area contributed by atoms with Crippen molar-refractivity contribution in [3.63, 3.8) is 0 Å². The molecule has 7 heteroatoms. The smallest absolute Gasteiger partial charge is 0.226 e. The maximum absolute atomic E-state index is 9.89. The summed E-state index contributed by atoms with van der Waals surface area (Å²) in [5.74, 6) is 1.98. The summed E-state index contributed by atoms with van der Waals surface area (Å²) >= 11 is 0. The summed E-state index contributed by atoms with van der Waals surface area (Å²) in [6.45, 7) is 2.37. The van der Waals surface area contributed by atoms with Gasteiger partial charge < -0.3 is 15.7 Å². The van der Waals surface area contributed by atoms with Gasteiger partial charge in [0.15, 0.2) is 5.65 Å². The lowest BCUT2D eigenvalue weighted by Gasteiger charge is -2.39. The van der Waals surface area contributed by atoms with Crippen molar-refractivity contribution in [2.75, 3.05) is 24.3 Å². The van der Waals surface area contributed by atoms with Gasteiger partial charge >= 0.3 is 0 Å². The number of fused-ring (bicyclic) bond motifs is 1. The number of hydrogen-bond donors (Lipinski definition) is 4. The Morgan fingerprint density at radius 3 is 2.81 bits per heavy atom. The molecule has 1 saturated carbocycles. The molecule has 2 heterocycles. The van der Waals surface area contributed by atoms with Crippen molar-refractivity contribution in [2.24, 2.45) is 5.92 Å². The Labute approximate surface area is 123 Å². The highest BCUT2D eigenvalue weighted by Gasteiger charge is 2.34. The van der Waals surface area contributed by atoms with Crippen molar-refractivity contribution in [3.8, 4) is 0 Å². The van der Waals surface area contributed by atoms with Crippen molar-refractivity contribution in [1.29, 1.82) is 0 Å². The molecule has 0 aromatic carbocycles. The fourth-order valence-electron chi connectivity index (χ4n) is 2.93. The fourth-order valence-corrected chi connectivity index (χ4v) is 2.93. The van der Waals surface area contributed by atoms with E-state index in [1.165, 1.54) is 0 Å². The summed E-state index contributed by atoms with van der Waals surface area (Å²) in [5, 5.41) is 24.1. The second kappa shape index (κ2) is 5.48. The molecule has 0 bridgehead atoms. The van der Waals surface area contributed by atoms with Crippen LogP contribution < -0.4 is 10.6 Å². The zero-order valence-electron chi connectivity index (χ0n) is 12.5. The molecular weight excluding hydrogens is 268 g/mol. The molecule has 0 unspecified atom stereocenters. The van der Waals surface area contributed by atoms with Gasteiger partial charge in [0.2, 0.25) is 5.95 Å². The number of nitrogens with one attached hydrogen (secondary N) is 3. The van der Waals surface area contributed by atoms with Gasteiger partial charge in [-0.3, -0.25) is 5.10 Å². The van der Waals surface area contributed by atoms with Crippen LogP contribution in [-0.4, -0.2) is 44.5 Å². The summed E-state index contributed by atoms with van der Waals surface area (Å²) in [7, 11) is 1.78. The van der Waals surface area contributed by atoms with Crippen LogP contribution >= 0.6 is 0 Å². The number of anilines is 2. The van der Waals surface area contributed by atoms with Crippen molar-refractivity contribution in [3.05, 3.63) is 6.20 Å². The molecule has 0 spiro atoms. The van der Waals surface area contributed by atoms with Gasteiger partial charge in [-0.1, -0.05) is 6.92 Å². The molecule has 0 saturated heterocycles. The Kier molecular flexibility index (Phi) is 3.67. The van der Waals surface area contributed by atoms with Crippen LogP contribution in [0.15, 0.2) is 6.20 Å². The monoisotopic (exact) mass is 290 g/mol. The summed E-state index contributed by atoms with van der Waals surface area (Å²) in [6.07, 6.45) is 5.84. The maximum Gasteiger partial charge on any atom is 0.226 e. The largest absolute Gasteiger partial charge is 0.394 e. The summed E-state index contributed by atoms with van der Waals surface area (Å²) < 4.78 is 0. The van der Waals surface area contributed by atoms with Crippen LogP contribution in [0.4, 0.5) is 11.8 Å². The molecule has 1 aliphatic rings. The Bertz CT molecular complexity index is 617.